The van der Waals surface area contributed by atoms with Crippen LogP contribution in [0.2, 0.25) is 20.1 Å². The third-order valence-corrected chi connectivity index (χ3v) is 9.07. The van der Waals surface area contributed by atoms with Gasteiger partial charge in [0.15, 0.2) is 0 Å². The fourth-order valence-corrected chi connectivity index (χ4v) is 6.15. The van der Waals surface area contributed by atoms with E-state index in [1.54, 1.807) is 28.9 Å². The van der Waals surface area contributed by atoms with Crippen molar-refractivity contribution in [2.75, 3.05) is 23.7 Å². The Hall–Kier alpha value is -4.34. The van der Waals surface area contributed by atoms with Crippen LogP contribution in [0.4, 0.5) is 26.2 Å². The molecule has 0 saturated carbocycles. The second-order valence-corrected chi connectivity index (χ2v) is 12.3. The maximum Gasteiger partial charge on any atom is 0.407 e. The Morgan fingerprint density at radius 3 is 2.46 bits per heavy atom. The molecule has 1 amide bonds. The molecule has 0 spiro atoms. The molecule has 46 heavy (non-hydrogen) atoms. The van der Waals surface area contributed by atoms with Gasteiger partial charge in [-0.3, -0.25) is 4.98 Å². The van der Waals surface area contributed by atoms with E-state index in [4.69, 9.17) is 46.4 Å². The first kappa shape index (κ1) is 31.6. The van der Waals surface area contributed by atoms with Gasteiger partial charge < -0.3 is 20.6 Å². The van der Waals surface area contributed by atoms with Crippen LogP contribution in [0.1, 0.15) is 41.7 Å². The highest BCUT2D eigenvalue weighted by Crippen LogP contribution is 2.38. The molecule has 5 aromatic rings. The van der Waals surface area contributed by atoms with Crippen LogP contribution in [0, 0.1) is 17.1 Å². The minimum absolute atomic E-state index is 0.0227. The van der Waals surface area contributed by atoms with Crippen molar-refractivity contribution in [1.82, 2.24) is 24.9 Å². The monoisotopic (exact) mass is 698 g/mol. The summed E-state index contributed by atoms with van der Waals surface area (Å²) < 4.78 is 15.6. The van der Waals surface area contributed by atoms with E-state index in [0.717, 1.165) is 5.56 Å². The van der Waals surface area contributed by atoms with Crippen LogP contribution in [-0.2, 0) is 0 Å². The van der Waals surface area contributed by atoms with Gasteiger partial charge in [-0.25, -0.2) is 13.9 Å². The molecule has 234 valence electrons. The van der Waals surface area contributed by atoms with Crippen molar-refractivity contribution in [3.05, 3.63) is 104 Å². The quantitative estimate of drug-likeness (QED) is 0.154. The van der Waals surface area contributed by atoms with Gasteiger partial charge in [0.1, 0.15) is 17.6 Å². The summed E-state index contributed by atoms with van der Waals surface area (Å²) in [5.74, 6) is -0.571. The molecule has 0 aliphatic carbocycles. The zero-order valence-corrected chi connectivity index (χ0v) is 26.7. The lowest BCUT2D eigenvalue weighted by atomic mass is 10.0. The number of aromatic nitrogens is 4. The normalized spacial score (nSPS) is 14.2. The van der Waals surface area contributed by atoms with Crippen LogP contribution in [0.15, 0.2) is 60.9 Å². The Kier molecular flexibility index (Phi) is 9.06. The number of hydrogen-bond acceptors (Lipinski definition) is 7. The molecule has 3 heterocycles. The van der Waals surface area contributed by atoms with E-state index in [9.17, 15) is 19.6 Å². The number of carboxylic acid groups (broad SMARTS) is 1. The molecule has 3 N–H and O–H groups in total. The number of amides is 1. The van der Waals surface area contributed by atoms with E-state index in [2.05, 4.69) is 32.0 Å². The van der Waals surface area contributed by atoms with Gasteiger partial charge in [-0.1, -0.05) is 57.7 Å². The van der Waals surface area contributed by atoms with Crippen molar-refractivity contribution < 1.29 is 14.3 Å². The van der Waals surface area contributed by atoms with Gasteiger partial charge in [0.05, 0.1) is 55.1 Å². The Morgan fingerprint density at radius 2 is 1.76 bits per heavy atom. The first-order chi connectivity index (χ1) is 22.1. The number of carbonyl (C=O) groups is 1. The predicted octanol–water partition coefficient (Wildman–Crippen LogP) is 8.71. The van der Waals surface area contributed by atoms with Crippen molar-refractivity contribution >= 4 is 80.5 Å². The third kappa shape index (κ3) is 6.48. The van der Waals surface area contributed by atoms with Crippen LogP contribution in [0.25, 0.3) is 10.9 Å². The molecular weight excluding hydrogens is 677 g/mol. The van der Waals surface area contributed by atoms with Gasteiger partial charge in [0.25, 0.3) is 0 Å². The number of piperidine rings is 1. The maximum atomic E-state index is 13.8. The highest BCUT2D eigenvalue weighted by atomic mass is 35.5. The number of nitriles is 1. The summed E-state index contributed by atoms with van der Waals surface area (Å²) in [6.45, 7) is 0.803. The van der Waals surface area contributed by atoms with Crippen LogP contribution in [0.5, 0.6) is 0 Å². The Labute approximate surface area is 282 Å². The molecule has 3 aromatic carbocycles. The van der Waals surface area contributed by atoms with Gasteiger partial charge in [0.2, 0.25) is 0 Å². The van der Waals surface area contributed by atoms with Gasteiger partial charge >= 0.3 is 6.09 Å². The van der Waals surface area contributed by atoms with Crippen molar-refractivity contribution in [1.29, 1.82) is 5.26 Å². The minimum atomic E-state index is -0.937. The molecule has 1 aliphatic heterocycles. The molecule has 10 nitrogen and oxygen atoms in total. The summed E-state index contributed by atoms with van der Waals surface area (Å²) in [6, 6.07) is 14.4. The maximum absolute atomic E-state index is 13.8. The molecule has 15 heteroatoms. The number of fused-ring (bicyclic) bond motifs is 1. The second-order valence-electron chi connectivity index (χ2n) is 10.6. The first-order valence-corrected chi connectivity index (χ1v) is 15.5. The standard InChI is InChI=1S/C31H23Cl4FN8O2/c32-22-3-1-16(9-23(22)33)29(27-15-44(42-41-27)20-5-7-43(8-6-20)31(45)46)40-19-10-21-28(39-18-2-4-26(36)24(34)11-18)17(13-37)14-38-30(21)25(35)12-19/h1-4,9-12,14-15,20,29,40H,5-8H2,(H,38,39)(H,45,46). The number of nitrogens with zero attached hydrogens (tertiary/aromatic N) is 6. The summed E-state index contributed by atoms with van der Waals surface area (Å²) >= 11 is 25.4. The van der Waals surface area contributed by atoms with Gasteiger partial charge in [-0.05, 0) is 60.9 Å². The Bertz CT molecular complexity index is 2010. The predicted molar refractivity (Wildman–Crippen MR) is 176 cm³/mol. The lowest BCUT2D eigenvalue weighted by Crippen LogP contribution is -2.38. The SMILES string of the molecule is N#Cc1cnc2c(Cl)cc(NC(c3ccc(Cl)c(Cl)c3)c3cn(C4CCN(C(=O)O)CC4)nn3)cc2c1Nc1ccc(F)c(Cl)c1. The third-order valence-electron chi connectivity index (χ3n) is 7.76. The summed E-state index contributed by atoms with van der Waals surface area (Å²) in [7, 11) is 0. The number of pyridine rings is 1. The van der Waals surface area contributed by atoms with E-state index < -0.39 is 18.0 Å². The molecule has 2 aromatic heterocycles. The minimum Gasteiger partial charge on any atom is -0.465 e. The van der Waals surface area contributed by atoms with Gasteiger partial charge in [-0.15, -0.1) is 5.10 Å². The van der Waals surface area contributed by atoms with E-state index in [0.29, 0.717) is 74.7 Å². The van der Waals surface area contributed by atoms with Crippen molar-refractivity contribution in [3.63, 3.8) is 0 Å². The summed E-state index contributed by atoms with van der Waals surface area (Å²) in [4.78, 5) is 17.2. The summed E-state index contributed by atoms with van der Waals surface area (Å²) in [5.41, 5.74) is 3.41. The van der Waals surface area contributed by atoms with E-state index >= 15 is 0 Å². The molecule has 0 radical (unpaired) electrons. The number of hydrogen-bond donors (Lipinski definition) is 3. The molecular formula is C31H23Cl4FN8O2. The van der Waals surface area contributed by atoms with Crippen molar-refractivity contribution in [2.24, 2.45) is 0 Å². The van der Waals surface area contributed by atoms with Crippen LogP contribution >= 0.6 is 46.4 Å². The Morgan fingerprint density at radius 1 is 1.00 bits per heavy atom. The van der Waals surface area contributed by atoms with Crippen molar-refractivity contribution in [2.45, 2.75) is 24.9 Å². The molecule has 0 bridgehead atoms. The molecule has 1 atom stereocenters. The molecule has 1 fully saturated rings. The van der Waals surface area contributed by atoms with Crippen LogP contribution in [-0.4, -0.2) is 49.2 Å². The van der Waals surface area contributed by atoms with Crippen LogP contribution in [0.3, 0.4) is 0 Å². The van der Waals surface area contributed by atoms with Gasteiger partial charge in [0, 0.05) is 36.0 Å². The number of rotatable bonds is 7. The number of halogens is 5. The van der Waals surface area contributed by atoms with Crippen molar-refractivity contribution in [3.8, 4) is 6.07 Å². The second kappa shape index (κ2) is 13.2. The van der Waals surface area contributed by atoms with E-state index in [1.807, 2.05) is 12.3 Å². The van der Waals surface area contributed by atoms with E-state index in [1.165, 1.54) is 29.3 Å². The van der Waals surface area contributed by atoms with Gasteiger partial charge in [-0.2, -0.15) is 5.26 Å². The highest BCUT2D eigenvalue weighted by Gasteiger charge is 2.26. The highest BCUT2D eigenvalue weighted by molar-refractivity contribution is 6.42. The lowest BCUT2D eigenvalue weighted by molar-refractivity contribution is 0.123. The zero-order chi connectivity index (χ0) is 32.5. The largest absolute Gasteiger partial charge is 0.465 e. The zero-order valence-electron chi connectivity index (χ0n) is 23.7. The number of nitrogens with one attached hydrogen (secondary N) is 2. The average molecular weight is 700 g/mol. The number of anilines is 3. The average Bonchev–Trinajstić information content (AvgIpc) is 3.53. The molecule has 1 aliphatic rings. The molecule has 6 rings (SSSR count). The first-order valence-electron chi connectivity index (χ1n) is 14.0. The lowest BCUT2D eigenvalue weighted by Gasteiger charge is -2.29. The number of likely N-dealkylation sites (tertiary alicyclic amines) is 1. The molecule has 1 saturated heterocycles. The van der Waals surface area contributed by atoms with Crippen LogP contribution < -0.4 is 10.6 Å². The summed E-state index contributed by atoms with van der Waals surface area (Å²) in [6.07, 6.45) is 3.50. The Balaban J connectivity index is 1.39. The molecule has 1 unspecified atom stereocenters. The fraction of sp³-hybridized carbons (Fsp3) is 0.194. The fourth-order valence-electron chi connectivity index (χ4n) is 5.39. The summed E-state index contributed by atoms with van der Waals surface area (Å²) in [5, 5.41) is 36.2. The topological polar surface area (TPSA) is 132 Å². The van der Waals surface area contributed by atoms with E-state index in [-0.39, 0.29) is 16.6 Å². The smallest absolute Gasteiger partial charge is 0.407 e. The number of benzene rings is 3.